The molecule has 0 atom stereocenters. The predicted molar refractivity (Wildman–Crippen MR) is 157 cm³/mol. The summed E-state index contributed by atoms with van der Waals surface area (Å²) in [6.07, 6.45) is 0. The average Bonchev–Trinajstić information content (AvgIpc) is 3.19. The molecular formula is C29H26BrN5O6. The Morgan fingerprint density at radius 3 is 2.29 bits per heavy atom. The highest BCUT2D eigenvalue weighted by Gasteiger charge is 2.22. The first kappa shape index (κ1) is 29.0. The van der Waals surface area contributed by atoms with Crippen molar-refractivity contribution in [3.63, 3.8) is 0 Å². The van der Waals surface area contributed by atoms with Gasteiger partial charge in [-0.25, -0.2) is 14.9 Å². The third-order valence-electron chi connectivity index (χ3n) is 6.20. The molecule has 0 aliphatic carbocycles. The lowest BCUT2D eigenvalue weighted by molar-refractivity contribution is -0.136. The lowest BCUT2D eigenvalue weighted by Crippen LogP contribution is -2.34. The molecule has 0 radical (unpaired) electrons. The maximum absolute atomic E-state index is 13.0. The number of nitrogens with zero attached hydrogens (tertiary/aromatic N) is 3. The molecule has 0 spiro atoms. The van der Waals surface area contributed by atoms with E-state index in [1.807, 2.05) is 6.07 Å². The van der Waals surface area contributed by atoms with Crippen LogP contribution < -0.4 is 25.8 Å². The Morgan fingerprint density at radius 1 is 0.927 bits per heavy atom. The van der Waals surface area contributed by atoms with E-state index in [2.05, 4.69) is 31.8 Å². The second kappa shape index (κ2) is 12.5. The fraction of sp³-hybridized carbons (Fsp3) is 0.138. The molecule has 0 saturated heterocycles. The van der Waals surface area contributed by atoms with Crippen molar-refractivity contribution in [3.8, 4) is 17.2 Å². The van der Waals surface area contributed by atoms with Gasteiger partial charge in [0.05, 0.1) is 29.8 Å². The number of hydrogen-bond acceptors (Lipinski definition) is 7. The summed E-state index contributed by atoms with van der Waals surface area (Å²) >= 11 is 3.33. The molecule has 0 unspecified atom stereocenters. The zero-order chi connectivity index (χ0) is 29.7. The lowest BCUT2D eigenvalue weighted by Gasteiger charge is -2.12. The standard InChI is InChI=1S/C29H26BrN5O6/c1-17(19-14-15-23(24(16-19)40-4)41-29(39)21-12-8-9-13-22(21)30)32-33-27(37)26(36)31-25-18(2)34(3)35(28(25)38)20-10-6-5-7-11-20/h5-16H,1-4H3,(H,31,36)(H,33,37)/b32-17+. The molecule has 11 nitrogen and oxygen atoms in total. The molecule has 2 N–H and O–H groups in total. The minimum Gasteiger partial charge on any atom is -0.493 e. The number of amides is 2. The van der Waals surface area contributed by atoms with Crippen molar-refractivity contribution < 1.29 is 23.9 Å². The summed E-state index contributed by atoms with van der Waals surface area (Å²) < 4.78 is 14.4. The number of methoxy groups -OCH3 is 1. The van der Waals surface area contributed by atoms with Crippen molar-refractivity contribution in [3.05, 3.63) is 104 Å². The molecule has 0 saturated carbocycles. The maximum atomic E-state index is 13.0. The van der Waals surface area contributed by atoms with E-state index in [0.29, 0.717) is 32.7 Å². The van der Waals surface area contributed by atoms with E-state index in [1.54, 1.807) is 86.2 Å². The summed E-state index contributed by atoms with van der Waals surface area (Å²) in [5.74, 6) is -2.25. The van der Waals surface area contributed by atoms with Gasteiger partial charge in [0.2, 0.25) is 0 Å². The molecule has 4 rings (SSSR count). The Labute approximate surface area is 243 Å². The van der Waals surface area contributed by atoms with Crippen LogP contribution in [0.4, 0.5) is 5.69 Å². The number of rotatable bonds is 7. The number of nitrogens with one attached hydrogen (secondary N) is 2. The van der Waals surface area contributed by atoms with Crippen LogP contribution in [0.5, 0.6) is 11.5 Å². The summed E-state index contributed by atoms with van der Waals surface area (Å²) in [6.45, 7) is 3.27. The predicted octanol–water partition coefficient (Wildman–Crippen LogP) is 3.95. The van der Waals surface area contributed by atoms with Gasteiger partial charge in [-0.2, -0.15) is 5.10 Å². The van der Waals surface area contributed by atoms with Crippen molar-refractivity contribution in [1.29, 1.82) is 0 Å². The fourth-order valence-electron chi connectivity index (χ4n) is 3.89. The quantitative estimate of drug-likeness (QED) is 0.106. The highest BCUT2D eigenvalue weighted by atomic mass is 79.9. The van der Waals surface area contributed by atoms with Crippen LogP contribution in [0.25, 0.3) is 5.69 Å². The number of benzene rings is 3. The molecule has 3 aromatic carbocycles. The number of carbonyl (C=O) groups excluding carboxylic acids is 3. The normalized spacial score (nSPS) is 11.1. The minimum absolute atomic E-state index is 0.0189. The molecule has 0 fully saturated rings. The van der Waals surface area contributed by atoms with Crippen LogP contribution in [-0.4, -0.2) is 40.0 Å². The second-order valence-electron chi connectivity index (χ2n) is 8.76. The van der Waals surface area contributed by atoms with Crippen LogP contribution in [-0.2, 0) is 16.6 Å². The van der Waals surface area contributed by atoms with E-state index in [1.165, 1.54) is 17.9 Å². The molecule has 12 heteroatoms. The first-order chi connectivity index (χ1) is 19.6. The van der Waals surface area contributed by atoms with Crippen LogP contribution in [0.15, 0.2) is 87.2 Å². The van der Waals surface area contributed by atoms with Crippen LogP contribution in [0.3, 0.4) is 0 Å². The smallest absolute Gasteiger partial charge is 0.344 e. The summed E-state index contributed by atoms with van der Waals surface area (Å²) in [5.41, 5.74) is 4.00. The van der Waals surface area contributed by atoms with E-state index in [4.69, 9.17) is 9.47 Å². The molecule has 1 heterocycles. The van der Waals surface area contributed by atoms with Gasteiger partial charge < -0.3 is 14.8 Å². The number of halogens is 1. The Bertz CT molecular complexity index is 1730. The molecular weight excluding hydrogens is 594 g/mol. The van der Waals surface area contributed by atoms with Gasteiger partial charge in [-0.15, -0.1) is 0 Å². The van der Waals surface area contributed by atoms with Crippen LogP contribution in [0, 0.1) is 6.92 Å². The molecule has 4 aromatic rings. The van der Waals surface area contributed by atoms with Gasteiger partial charge in [0.25, 0.3) is 5.56 Å². The van der Waals surface area contributed by atoms with Gasteiger partial charge in [0.1, 0.15) is 5.69 Å². The SMILES string of the molecule is COc1cc(/C(C)=N/NC(=O)C(=O)Nc2c(C)n(C)n(-c3ccccc3)c2=O)ccc1OC(=O)c1ccccc1Br. The van der Waals surface area contributed by atoms with E-state index in [0.717, 1.165) is 0 Å². The summed E-state index contributed by atoms with van der Waals surface area (Å²) in [7, 11) is 3.10. The molecule has 0 aliphatic heterocycles. The summed E-state index contributed by atoms with van der Waals surface area (Å²) in [5, 5.41) is 6.38. The van der Waals surface area contributed by atoms with Gasteiger partial charge in [-0.05, 0) is 72.2 Å². The number of hydrogen-bond donors (Lipinski definition) is 2. The van der Waals surface area contributed by atoms with E-state index >= 15 is 0 Å². The fourth-order valence-corrected chi connectivity index (χ4v) is 4.34. The number of hydrazone groups is 1. The highest BCUT2D eigenvalue weighted by Crippen LogP contribution is 2.30. The lowest BCUT2D eigenvalue weighted by atomic mass is 10.1. The minimum atomic E-state index is -1.07. The Hall–Kier alpha value is -4.97. The van der Waals surface area contributed by atoms with Gasteiger partial charge >= 0.3 is 17.8 Å². The van der Waals surface area contributed by atoms with E-state index in [9.17, 15) is 19.2 Å². The zero-order valence-electron chi connectivity index (χ0n) is 22.6. The van der Waals surface area contributed by atoms with Crippen molar-refractivity contribution in [2.45, 2.75) is 13.8 Å². The van der Waals surface area contributed by atoms with Crippen molar-refractivity contribution in [1.82, 2.24) is 14.8 Å². The maximum Gasteiger partial charge on any atom is 0.344 e. The van der Waals surface area contributed by atoms with Crippen LogP contribution >= 0.6 is 15.9 Å². The van der Waals surface area contributed by atoms with Crippen molar-refractivity contribution in [2.75, 3.05) is 12.4 Å². The largest absolute Gasteiger partial charge is 0.493 e. The Morgan fingerprint density at radius 2 is 1.61 bits per heavy atom. The Kier molecular flexibility index (Phi) is 8.83. The first-order valence-electron chi connectivity index (χ1n) is 12.3. The summed E-state index contributed by atoms with van der Waals surface area (Å²) in [4.78, 5) is 50.7. The van der Waals surface area contributed by atoms with Crippen LogP contribution in [0.1, 0.15) is 28.5 Å². The van der Waals surface area contributed by atoms with Crippen molar-refractivity contribution in [2.24, 2.45) is 12.1 Å². The first-order valence-corrected chi connectivity index (χ1v) is 13.1. The summed E-state index contributed by atoms with van der Waals surface area (Å²) in [6, 6.07) is 20.5. The third kappa shape index (κ3) is 6.28. The number of carbonyl (C=O) groups is 3. The number of esters is 1. The molecule has 0 aliphatic rings. The topological polar surface area (TPSA) is 133 Å². The number of para-hydroxylation sites is 1. The molecule has 0 bridgehead atoms. The highest BCUT2D eigenvalue weighted by molar-refractivity contribution is 9.10. The molecule has 1 aromatic heterocycles. The number of anilines is 1. The third-order valence-corrected chi connectivity index (χ3v) is 6.89. The van der Waals surface area contributed by atoms with Crippen LogP contribution in [0.2, 0.25) is 0 Å². The van der Waals surface area contributed by atoms with Gasteiger partial charge in [-0.1, -0.05) is 30.3 Å². The average molecular weight is 620 g/mol. The monoisotopic (exact) mass is 619 g/mol. The molecule has 210 valence electrons. The van der Waals surface area contributed by atoms with Crippen molar-refractivity contribution >= 4 is 45.1 Å². The Balaban J connectivity index is 1.45. The molecule has 2 amide bonds. The van der Waals surface area contributed by atoms with Gasteiger partial charge in [0, 0.05) is 17.1 Å². The second-order valence-corrected chi connectivity index (χ2v) is 9.62. The van der Waals surface area contributed by atoms with Gasteiger partial charge in [-0.3, -0.25) is 19.1 Å². The van der Waals surface area contributed by atoms with Gasteiger partial charge in [0.15, 0.2) is 11.5 Å². The van der Waals surface area contributed by atoms with E-state index < -0.39 is 23.3 Å². The van der Waals surface area contributed by atoms with E-state index in [-0.39, 0.29) is 17.2 Å². The number of ether oxygens (including phenoxy) is 2. The molecule has 41 heavy (non-hydrogen) atoms. The zero-order valence-corrected chi connectivity index (χ0v) is 24.2. The number of aromatic nitrogens is 2.